The Hall–Kier alpha value is -2.01. The van der Waals surface area contributed by atoms with Crippen LogP contribution in [-0.2, 0) is 9.59 Å². The number of carboxylic acids is 1. The number of aliphatic carboxylic acids is 1. The van der Waals surface area contributed by atoms with Gasteiger partial charge in [-0.15, -0.1) is 0 Å². The molecule has 2 N–H and O–H groups in total. The highest BCUT2D eigenvalue weighted by Crippen LogP contribution is 2.23. The number of carbonyl (C=O) groups is 2. The summed E-state index contributed by atoms with van der Waals surface area (Å²) in [5, 5.41) is 12.1. The van der Waals surface area contributed by atoms with E-state index in [1.165, 1.54) is 0 Å². The summed E-state index contributed by atoms with van der Waals surface area (Å²) in [4.78, 5) is 23.2. The second-order valence-electron chi connectivity index (χ2n) is 3.44. The van der Waals surface area contributed by atoms with Crippen LogP contribution in [0.3, 0.4) is 0 Å². The Labute approximate surface area is 102 Å². The highest BCUT2D eigenvalue weighted by Gasteiger charge is 2.27. The molecule has 0 unspecified atom stereocenters. The lowest BCUT2D eigenvalue weighted by molar-refractivity contribution is -0.153. The van der Waals surface area contributed by atoms with Gasteiger partial charge in [0.15, 0.2) is 0 Å². The molecule has 6 heteroatoms. The summed E-state index contributed by atoms with van der Waals surface area (Å²) in [5.74, 6) is -2.44. The molecule has 1 aliphatic heterocycles. The minimum Gasteiger partial charge on any atom is -0.474 e. The maximum Gasteiger partial charge on any atom is 0.395 e. The zero-order valence-electron chi connectivity index (χ0n) is 8.68. The third kappa shape index (κ3) is 2.24. The summed E-state index contributed by atoms with van der Waals surface area (Å²) < 4.78 is 0. The molecule has 1 heterocycles. The predicted octanol–water partition coefficient (Wildman–Crippen LogP) is 1.11. The van der Waals surface area contributed by atoms with Crippen LogP contribution in [0.5, 0.6) is 0 Å². The zero-order valence-corrected chi connectivity index (χ0v) is 9.44. The molecule has 0 bridgehead atoms. The lowest BCUT2D eigenvalue weighted by Gasteiger charge is -2.16. The average Bonchev–Trinajstić information content (AvgIpc) is 2.77. The van der Waals surface area contributed by atoms with Crippen molar-refractivity contribution in [3.05, 3.63) is 41.1 Å². The van der Waals surface area contributed by atoms with Gasteiger partial charge in [-0.3, -0.25) is 9.69 Å². The molecule has 0 aliphatic carbocycles. The number of carbonyl (C=O) groups excluding carboxylic acids is 1. The van der Waals surface area contributed by atoms with Crippen LogP contribution in [0.25, 0.3) is 5.70 Å². The summed E-state index contributed by atoms with van der Waals surface area (Å²) in [6, 6.07) is 6.81. The van der Waals surface area contributed by atoms with Gasteiger partial charge >= 0.3 is 11.9 Å². The number of carboxylic acid groups (broad SMARTS) is 1. The molecule has 0 aromatic heterocycles. The number of halogens is 1. The summed E-state index contributed by atoms with van der Waals surface area (Å²) in [6.07, 6.45) is 1.60. The van der Waals surface area contributed by atoms with Crippen LogP contribution in [0.4, 0.5) is 0 Å². The standard InChI is InChI=1S/C11H9ClN2O3/c12-8-3-1-7(2-4-8)9-5-13-6-14(9)10(15)11(16)17/h1-5,13H,6H2,(H,16,17). The van der Waals surface area contributed by atoms with Crippen molar-refractivity contribution in [3.63, 3.8) is 0 Å². The number of rotatable bonds is 1. The van der Waals surface area contributed by atoms with E-state index >= 15 is 0 Å². The van der Waals surface area contributed by atoms with Crippen molar-refractivity contribution in [2.75, 3.05) is 6.67 Å². The fourth-order valence-corrected chi connectivity index (χ4v) is 1.68. The largest absolute Gasteiger partial charge is 0.474 e. The SMILES string of the molecule is O=C(O)C(=O)N1CNC=C1c1ccc(Cl)cc1. The second-order valence-corrected chi connectivity index (χ2v) is 3.87. The molecule has 0 spiro atoms. The van der Waals surface area contributed by atoms with Gasteiger partial charge in [-0.05, 0) is 17.7 Å². The molecule has 0 atom stereocenters. The molecule has 0 radical (unpaired) electrons. The molecule has 1 aromatic carbocycles. The van der Waals surface area contributed by atoms with Crippen LogP contribution in [0.1, 0.15) is 5.56 Å². The topological polar surface area (TPSA) is 69.6 Å². The van der Waals surface area contributed by atoms with Crippen LogP contribution in [0, 0.1) is 0 Å². The van der Waals surface area contributed by atoms with E-state index in [0.717, 1.165) is 10.5 Å². The van der Waals surface area contributed by atoms with Crippen molar-refractivity contribution in [2.45, 2.75) is 0 Å². The third-order valence-corrected chi connectivity index (χ3v) is 2.60. The van der Waals surface area contributed by atoms with Crippen molar-refractivity contribution in [3.8, 4) is 0 Å². The van der Waals surface area contributed by atoms with Crippen molar-refractivity contribution in [2.24, 2.45) is 0 Å². The quantitative estimate of drug-likeness (QED) is 0.735. The van der Waals surface area contributed by atoms with E-state index in [-0.39, 0.29) is 6.67 Å². The number of hydrogen-bond donors (Lipinski definition) is 2. The van der Waals surface area contributed by atoms with Crippen LogP contribution in [0.15, 0.2) is 30.5 Å². The summed E-state index contributed by atoms with van der Waals surface area (Å²) in [6.45, 7) is 0.156. The molecule has 5 nitrogen and oxygen atoms in total. The van der Waals surface area contributed by atoms with E-state index in [1.807, 2.05) is 0 Å². The normalized spacial score (nSPS) is 14.2. The first kappa shape index (κ1) is 11.5. The van der Waals surface area contributed by atoms with E-state index in [2.05, 4.69) is 5.32 Å². The first-order chi connectivity index (χ1) is 8.09. The second kappa shape index (κ2) is 4.47. The number of nitrogens with one attached hydrogen (secondary N) is 1. The minimum atomic E-state index is -1.48. The maximum absolute atomic E-state index is 11.4. The van der Waals surface area contributed by atoms with Crippen LogP contribution >= 0.6 is 11.6 Å². The molecule has 2 rings (SSSR count). The number of nitrogens with zero attached hydrogens (tertiary/aromatic N) is 1. The molecule has 17 heavy (non-hydrogen) atoms. The fourth-order valence-electron chi connectivity index (χ4n) is 1.55. The van der Waals surface area contributed by atoms with Gasteiger partial charge in [-0.1, -0.05) is 23.7 Å². The first-order valence-electron chi connectivity index (χ1n) is 4.84. The van der Waals surface area contributed by atoms with Crippen molar-refractivity contribution in [1.82, 2.24) is 10.2 Å². The third-order valence-electron chi connectivity index (χ3n) is 2.35. The lowest BCUT2D eigenvalue weighted by Crippen LogP contribution is -2.35. The summed E-state index contributed by atoms with van der Waals surface area (Å²) in [5.41, 5.74) is 1.25. The van der Waals surface area contributed by atoms with Crippen molar-refractivity contribution < 1.29 is 14.7 Å². The Kier molecular flexibility index (Phi) is 3.01. The summed E-state index contributed by atoms with van der Waals surface area (Å²) >= 11 is 5.76. The van der Waals surface area contributed by atoms with Crippen molar-refractivity contribution >= 4 is 29.2 Å². The Balaban J connectivity index is 2.29. The Morgan fingerprint density at radius 1 is 1.29 bits per heavy atom. The van der Waals surface area contributed by atoms with E-state index < -0.39 is 11.9 Å². The lowest BCUT2D eigenvalue weighted by atomic mass is 10.1. The molecule has 1 amide bonds. The van der Waals surface area contributed by atoms with Crippen LogP contribution in [0.2, 0.25) is 5.02 Å². The molecule has 0 saturated heterocycles. The van der Waals surface area contributed by atoms with E-state index in [4.69, 9.17) is 16.7 Å². The number of hydrogen-bond acceptors (Lipinski definition) is 3. The van der Waals surface area contributed by atoms with Gasteiger partial charge in [0.25, 0.3) is 0 Å². The monoisotopic (exact) mass is 252 g/mol. The number of amides is 1. The van der Waals surface area contributed by atoms with E-state index in [1.54, 1.807) is 30.5 Å². The minimum absolute atomic E-state index is 0.156. The van der Waals surface area contributed by atoms with Gasteiger partial charge in [0.1, 0.15) is 0 Å². The molecule has 0 fully saturated rings. The van der Waals surface area contributed by atoms with Gasteiger partial charge in [0.2, 0.25) is 0 Å². The van der Waals surface area contributed by atoms with Crippen LogP contribution < -0.4 is 5.32 Å². The maximum atomic E-state index is 11.4. The Morgan fingerprint density at radius 2 is 1.94 bits per heavy atom. The first-order valence-corrected chi connectivity index (χ1v) is 5.21. The van der Waals surface area contributed by atoms with E-state index in [0.29, 0.717) is 10.7 Å². The van der Waals surface area contributed by atoms with Gasteiger partial charge < -0.3 is 10.4 Å². The highest BCUT2D eigenvalue weighted by atomic mass is 35.5. The van der Waals surface area contributed by atoms with Gasteiger partial charge in [0, 0.05) is 11.2 Å². The Morgan fingerprint density at radius 3 is 2.53 bits per heavy atom. The smallest absolute Gasteiger partial charge is 0.395 e. The molecular formula is C11H9ClN2O3. The van der Waals surface area contributed by atoms with Gasteiger partial charge in [-0.25, -0.2) is 4.79 Å². The highest BCUT2D eigenvalue weighted by molar-refractivity contribution is 6.33. The molecule has 88 valence electrons. The van der Waals surface area contributed by atoms with Crippen LogP contribution in [-0.4, -0.2) is 28.6 Å². The zero-order chi connectivity index (χ0) is 12.4. The Bertz CT molecular complexity index is 496. The molecule has 1 aromatic rings. The van der Waals surface area contributed by atoms with Crippen molar-refractivity contribution in [1.29, 1.82) is 0 Å². The van der Waals surface area contributed by atoms with Gasteiger partial charge in [0.05, 0.1) is 12.4 Å². The predicted molar refractivity (Wildman–Crippen MR) is 61.9 cm³/mol. The average molecular weight is 253 g/mol. The molecule has 0 saturated carbocycles. The molecule has 1 aliphatic rings. The molecular weight excluding hydrogens is 244 g/mol. The van der Waals surface area contributed by atoms with Gasteiger partial charge in [-0.2, -0.15) is 0 Å². The fraction of sp³-hybridized carbons (Fsp3) is 0.0909. The van der Waals surface area contributed by atoms with E-state index in [9.17, 15) is 9.59 Å². The number of benzene rings is 1. The summed E-state index contributed by atoms with van der Waals surface area (Å²) in [7, 11) is 0.